The van der Waals surface area contributed by atoms with E-state index in [4.69, 9.17) is 9.15 Å². The molecule has 0 spiro atoms. The SMILES string of the molecule is Cc1nc2cc(NC(=O)c3ccc(OC(C)(C)C)cc3)ccc2o1. The first-order valence-electron chi connectivity index (χ1n) is 7.78. The zero-order valence-electron chi connectivity index (χ0n) is 14.2. The summed E-state index contributed by atoms with van der Waals surface area (Å²) < 4.78 is 11.2. The smallest absolute Gasteiger partial charge is 0.255 e. The molecule has 0 bridgehead atoms. The van der Waals surface area contributed by atoms with Gasteiger partial charge in [0.1, 0.15) is 16.9 Å². The van der Waals surface area contributed by atoms with E-state index < -0.39 is 0 Å². The van der Waals surface area contributed by atoms with Crippen LogP contribution in [0.2, 0.25) is 0 Å². The summed E-state index contributed by atoms with van der Waals surface area (Å²) in [6, 6.07) is 12.5. The molecule has 0 saturated heterocycles. The lowest BCUT2D eigenvalue weighted by Gasteiger charge is -2.21. The van der Waals surface area contributed by atoms with Gasteiger partial charge in [0.05, 0.1) is 0 Å². The fraction of sp³-hybridized carbons (Fsp3) is 0.263. The molecule has 1 heterocycles. The highest BCUT2D eigenvalue weighted by Gasteiger charge is 2.13. The molecule has 124 valence electrons. The van der Waals surface area contributed by atoms with Gasteiger partial charge in [0.15, 0.2) is 11.5 Å². The van der Waals surface area contributed by atoms with Crippen molar-refractivity contribution < 1.29 is 13.9 Å². The molecular weight excluding hydrogens is 304 g/mol. The molecule has 0 radical (unpaired) electrons. The third kappa shape index (κ3) is 3.74. The fourth-order valence-electron chi connectivity index (χ4n) is 2.35. The Balaban J connectivity index is 1.73. The number of amides is 1. The van der Waals surface area contributed by atoms with Crippen LogP contribution in [0.3, 0.4) is 0 Å². The molecule has 1 N–H and O–H groups in total. The maximum absolute atomic E-state index is 12.4. The molecule has 0 atom stereocenters. The first kappa shape index (κ1) is 16.1. The summed E-state index contributed by atoms with van der Waals surface area (Å²) in [5.41, 5.74) is 2.39. The van der Waals surface area contributed by atoms with E-state index in [1.165, 1.54) is 0 Å². The average molecular weight is 324 g/mol. The van der Waals surface area contributed by atoms with Crippen molar-refractivity contribution in [2.24, 2.45) is 0 Å². The summed E-state index contributed by atoms with van der Waals surface area (Å²) in [6.07, 6.45) is 0. The number of rotatable bonds is 3. The maximum Gasteiger partial charge on any atom is 0.255 e. The Morgan fingerprint density at radius 2 is 1.83 bits per heavy atom. The molecule has 1 amide bonds. The van der Waals surface area contributed by atoms with Gasteiger partial charge < -0.3 is 14.5 Å². The van der Waals surface area contributed by atoms with E-state index in [-0.39, 0.29) is 11.5 Å². The Bertz CT molecular complexity index is 874. The predicted molar refractivity (Wildman–Crippen MR) is 93.5 cm³/mol. The van der Waals surface area contributed by atoms with Crippen LogP contribution in [-0.4, -0.2) is 16.5 Å². The van der Waals surface area contributed by atoms with Gasteiger partial charge >= 0.3 is 0 Å². The number of ether oxygens (including phenoxy) is 1. The van der Waals surface area contributed by atoms with Crippen LogP contribution < -0.4 is 10.1 Å². The summed E-state index contributed by atoms with van der Waals surface area (Å²) in [5.74, 6) is 1.15. The largest absolute Gasteiger partial charge is 0.488 e. The number of carbonyl (C=O) groups excluding carboxylic acids is 1. The van der Waals surface area contributed by atoms with Crippen LogP contribution in [0.25, 0.3) is 11.1 Å². The second-order valence-corrected chi connectivity index (χ2v) is 6.61. The van der Waals surface area contributed by atoms with Gasteiger partial charge in [-0.25, -0.2) is 4.98 Å². The van der Waals surface area contributed by atoms with Gasteiger partial charge in [-0.05, 0) is 63.2 Å². The van der Waals surface area contributed by atoms with E-state index >= 15 is 0 Å². The molecule has 0 aliphatic rings. The van der Waals surface area contributed by atoms with Crippen molar-refractivity contribution in [3.8, 4) is 5.75 Å². The number of carbonyl (C=O) groups is 1. The molecule has 24 heavy (non-hydrogen) atoms. The van der Waals surface area contributed by atoms with E-state index in [9.17, 15) is 4.79 Å². The first-order chi connectivity index (χ1) is 11.3. The van der Waals surface area contributed by atoms with Gasteiger partial charge in [-0.2, -0.15) is 0 Å². The average Bonchev–Trinajstić information content (AvgIpc) is 2.85. The zero-order chi connectivity index (χ0) is 17.3. The summed E-state index contributed by atoms with van der Waals surface area (Å²) in [4.78, 5) is 16.6. The van der Waals surface area contributed by atoms with Crippen LogP contribution in [0.4, 0.5) is 5.69 Å². The lowest BCUT2D eigenvalue weighted by molar-refractivity contribution is 0.102. The molecule has 0 unspecified atom stereocenters. The molecule has 0 aliphatic carbocycles. The number of oxazole rings is 1. The van der Waals surface area contributed by atoms with Crippen molar-refractivity contribution >= 4 is 22.7 Å². The van der Waals surface area contributed by atoms with E-state index in [1.807, 2.05) is 20.8 Å². The van der Waals surface area contributed by atoms with Crippen LogP contribution in [0.15, 0.2) is 46.9 Å². The standard InChI is InChI=1S/C19H20N2O3/c1-12-20-16-11-14(7-10-17(16)23-12)21-18(22)13-5-8-15(9-6-13)24-19(2,3)4/h5-11H,1-4H3,(H,21,22). The molecule has 1 aromatic heterocycles. The number of aromatic nitrogens is 1. The van der Waals surface area contributed by atoms with Crippen molar-refractivity contribution in [2.45, 2.75) is 33.3 Å². The van der Waals surface area contributed by atoms with Gasteiger partial charge in [0.25, 0.3) is 5.91 Å². The molecule has 5 heteroatoms. The Kier molecular flexibility index (Phi) is 4.01. The summed E-state index contributed by atoms with van der Waals surface area (Å²) in [7, 11) is 0. The Morgan fingerprint density at radius 3 is 2.50 bits per heavy atom. The van der Waals surface area contributed by atoms with E-state index in [0.717, 1.165) is 11.3 Å². The lowest BCUT2D eigenvalue weighted by atomic mass is 10.1. The van der Waals surface area contributed by atoms with Crippen molar-refractivity contribution in [1.82, 2.24) is 4.98 Å². The second-order valence-electron chi connectivity index (χ2n) is 6.61. The third-order valence-corrected chi connectivity index (χ3v) is 3.29. The van der Waals surface area contributed by atoms with Crippen molar-refractivity contribution in [2.75, 3.05) is 5.32 Å². The van der Waals surface area contributed by atoms with Crippen LogP contribution in [0, 0.1) is 6.92 Å². The normalized spacial score (nSPS) is 11.5. The molecule has 0 saturated carbocycles. The molecule has 5 nitrogen and oxygen atoms in total. The number of aryl methyl sites for hydroxylation is 1. The molecular formula is C19H20N2O3. The second kappa shape index (κ2) is 6.00. The van der Waals surface area contributed by atoms with Crippen molar-refractivity contribution in [3.05, 3.63) is 53.9 Å². The molecule has 2 aromatic carbocycles. The monoisotopic (exact) mass is 324 g/mol. The highest BCUT2D eigenvalue weighted by Crippen LogP contribution is 2.21. The van der Waals surface area contributed by atoms with Gasteiger partial charge in [0.2, 0.25) is 0 Å². The van der Waals surface area contributed by atoms with Gasteiger partial charge in [-0.3, -0.25) is 4.79 Å². The van der Waals surface area contributed by atoms with E-state index in [1.54, 1.807) is 49.4 Å². The number of hydrogen-bond acceptors (Lipinski definition) is 4. The number of fused-ring (bicyclic) bond motifs is 1. The predicted octanol–water partition coefficient (Wildman–Crippen LogP) is 4.57. The van der Waals surface area contributed by atoms with Crippen LogP contribution in [-0.2, 0) is 0 Å². The minimum Gasteiger partial charge on any atom is -0.488 e. The fourth-order valence-corrected chi connectivity index (χ4v) is 2.35. The summed E-state index contributed by atoms with van der Waals surface area (Å²) in [5, 5.41) is 2.87. The van der Waals surface area contributed by atoms with Crippen LogP contribution in [0.1, 0.15) is 37.0 Å². The highest BCUT2D eigenvalue weighted by atomic mass is 16.5. The summed E-state index contributed by atoms with van der Waals surface area (Å²) in [6.45, 7) is 7.74. The Hall–Kier alpha value is -2.82. The van der Waals surface area contributed by atoms with E-state index in [0.29, 0.717) is 22.7 Å². The van der Waals surface area contributed by atoms with Crippen molar-refractivity contribution in [1.29, 1.82) is 0 Å². The van der Waals surface area contributed by atoms with Crippen LogP contribution in [0.5, 0.6) is 5.75 Å². The molecule has 0 fully saturated rings. The zero-order valence-corrected chi connectivity index (χ0v) is 14.2. The number of nitrogens with zero attached hydrogens (tertiary/aromatic N) is 1. The molecule has 3 rings (SSSR count). The molecule has 0 aliphatic heterocycles. The van der Waals surface area contributed by atoms with Gasteiger partial charge in [0, 0.05) is 18.2 Å². The number of anilines is 1. The Morgan fingerprint density at radius 1 is 1.12 bits per heavy atom. The van der Waals surface area contributed by atoms with Gasteiger partial charge in [-0.1, -0.05) is 0 Å². The summed E-state index contributed by atoms with van der Waals surface area (Å²) >= 11 is 0. The quantitative estimate of drug-likeness (QED) is 0.766. The van der Waals surface area contributed by atoms with Crippen LogP contribution >= 0.6 is 0 Å². The van der Waals surface area contributed by atoms with E-state index in [2.05, 4.69) is 10.3 Å². The lowest BCUT2D eigenvalue weighted by Crippen LogP contribution is -2.23. The maximum atomic E-state index is 12.4. The minimum atomic E-state index is -0.269. The Labute approximate surface area is 140 Å². The first-order valence-corrected chi connectivity index (χ1v) is 7.78. The third-order valence-electron chi connectivity index (χ3n) is 3.29. The van der Waals surface area contributed by atoms with Crippen molar-refractivity contribution in [3.63, 3.8) is 0 Å². The topological polar surface area (TPSA) is 64.4 Å². The van der Waals surface area contributed by atoms with Gasteiger partial charge in [-0.15, -0.1) is 0 Å². The highest BCUT2D eigenvalue weighted by molar-refractivity contribution is 6.04. The minimum absolute atomic E-state index is 0.183. The number of hydrogen-bond donors (Lipinski definition) is 1. The molecule has 3 aromatic rings. The number of benzene rings is 2. The number of nitrogens with one attached hydrogen (secondary N) is 1.